The first-order valence-corrected chi connectivity index (χ1v) is 10.4. The number of nitrogens with zero attached hydrogens (tertiary/aromatic N) is 1. The minimum absolute atomic E-state index is 0.0520. The zero-order valence-corrected chi connectivity index (χ0v) is 18.4. The Kier molecular flexibility index (Phi) is 6.19. The first kappa shape index (κ1) is 21.9. The molecule has 0 saturated heterocycles. The van der Waals surface area contributed by atoms with E-state index in [1.165, 1.54) is 24.3 Å². The van der Waals surface area contributed by atoms with Gasteiger partial charge in [0, 0.05) is 10.7 Å². The zero-order valence-electron chi connectivity index (χ0n) is 16.1. The molecule has 3 aromatic carbocycles. The quantitative estimate of drug-likeness (QED) is 0.286. The van der Waals surface area contributed by atoms with Crippen molar-refractivity contribution < 1.29 is 19.1 Å². The standard InChI is InChI=1S/C23H13Cl3N2O4/c24-14-8-11-18(17(25)12-14)32-23(31)13-6-9-15(10-7-13)27-20-19(26)21(29)28(22(20)30)16-4-2-1-3-5-16/h1-12,27H. The van der Waals surface area contributed by atoms with Crippen molar-refractivity contribution in [3.63, 3.8) is 0 Å². The molecule has 160 valence electrons. The van der Waals surface area contributed by atoms with Crippen molar-refractivity contribution in [2.45, 2.75) is 0 Å². The number of halogens is 3. The Morgan fingerprint density at radius 3 is 2.19 bits per heavy atom. The Morgan fingerprint density at radius 1 is 0.844 bits per heavy atom. The van der Waals surface area contributed by atoms with E-state index in [0.29, 0.717) is 16.4 Å². The highest BCUT2D eigenvalue weighted by Gasteiger charge is 2.38. The van der Waals surface area contributed by atoms with Crippen molar-refractivity contribution in [1.82, 2.24) is 0 Å². The van der Waals surface area contributed by atoms with Crippen molar-refractivity contribution in [2.75, 3.05) is 10.2 Å². The van der Waals surface area contributed by atoms with Crippen LogP contribution in [0.1, 0.15) is 10.4 Å². The van der Waals surface area contributed by atoms with Gasteiger partial charge < -0.3 is 10.1 Å². The zero-order chi connectivity index (χ0) is 22.8. The number of hydrogen-bond donors (Lipinski definition) is 1. The van der Waals surface area contributed by atoms with Crippen LogP contribution in [-0.4, -0.2) is 17.8 Å². The summed E-state index contributed by atoms with van der Waals surface area (Å²) in [4.78, 5) is 38.6. The third kappa shape index (κ3) is 4.34. The second-order valence-electron chi connectivity index (χ2n) is 6.64. The topological polar surface area (TPSA) is 75.7 Å². The molecule has 0 saturated carbocycles. The number of ether oxygens (including phenoxy) is 1. The van der Waals surface area contributed by atoms with Crippen LogP contribution in [0, 0.1) is 0 Å². The fraction of sp³-hybridized carbons (Fsp3) is 0. The molecule has 1 aliphatic rings. The maximum Gasteiger partial charge on any atom is 0.343 e. The fourth-order valence-electron chi connectivity index (χ4n) is 2.97. The molecule has 0 spiro atoms. The molecule has 2 amide bonds. The van der Waals surface area contributed by atoms with Crippen molar-refractivity contribution >= 4 is 64.0 Å². The molecule has 0 fully saturated rings. The lowest BCUT2D eigenvalue weighted by Crippen LogP contribution is -2.32. The van der Waals surface area contributed by atoms with Gasteiger partial charge in [0.2, 0.25) is 0 Å². The molecule has 1 aliphatic heterocycles. The van der Waals surface area contributed by atoms with Crippen LogP contribution < -0.4 is 15.0 Å². The number of rotatable bonds is 5. The Labute approximate surface area is 197 Å². The molecule has 1 N–H and O–H groups in total. The third-order valence-electron chi connectivity index (χ3n) is 4.53. The molecule has 4 rings (SSSR count). The van der Waals surface area contributed by atoms with Gasteiger partial charge in [0.05, 0.1) is 16.3 Å². The number of esters is 1. The fourth-order valence-corrected chi connectivity index (χ4v) is 3.63. The maximum atomic E-state index is 12.8. The van der Waals surface area contributed by atoms with Crippen molar-refractivity contribution in [1.29, 1.82) is 0 Å². The van der Waals surface area contributed by atoms with Gasteiger partial charge >= 0.3 is 5.97 Å². The number of nitrogens with one attached hydrogen (secondary N) is 1. The molecular weight excluding hydrogens is 475 g/mol. The van der Waals surface area contributed by atoms with Crippen LogP contribution in [0.4, 0.5) is 11.4 Å². The summed E-state index contributed by atoms with van der Waals surface area (Å²) in [6, 6.07) is 19.1. The van der Waals surface area contributed by atoms with Gasteiger partial charge in [-0.2, -0.15) is 0 Å². The van der Waals surface area contributed by atoms with Gasteiger partial charge in [-0.25, -0.2) is 9.69 Å². The van der Waals surface area contributed by atoms with E-state index in [2.05, 4.69) is 5.32 Å². The SMILES string of the molecule is O=C(Oc1ccc(Cl)cc1Cl)c1ccc(NC2=C(Cl)C(=O)N(c3ccccc3)C2=O)cc1. The number of hydrogen-bond acceptors (Lipinski definition) is 5. The van der Waals surface area contributed by atoms with E-state index in [9.17, 15) is 14.4 Å². The molecule has 1 heterocycles. The monoisotopic (exact) mass is 486 g/mol. The number of benzene rings is 3. The second kappa shape index (κ2) is 9.04. The van der Waals surface area contributed by atoms with Crippen LogP contribution in [0.5, 0.6) is 5.75 Å². The predicted octanol–water partition coefficient (Wildman–Crippen LogP) is 5.65. The Balaban J connectivity index is 1.48. The van der Waals surface area contributed by atoms with Crippen molar-refractivity contribution in [2.24, 2.45) is 0 Å². The van der Waals surface area contributed by atoms with Crippen LogP contribution in [0.3, 0.4) is 0 Å². The summed E-state index contributed by atoms with van der Waals surface area (Å²) in [6.45, 7) is 0. The van der Waals surface area contributed by atoms with Gasteiger partial charge in [0.15, 0.2) is 0 Å². The minimum Gasteiger partial charge on any atom is -0.421 e. The van der Waals surface area contributed by atoms with E-state index >= 15 is 0 Å². The summed E-state index contributed by atoms with van der Waals surface area (Å²) in [7, 11) is 0. The van der Waals surface area contributed by atoms with Gasteiger partial charge in [0.25, 0.3) is 11.8 Å². The number of carbonyl (C=O) groups is 3. The van der Waals surface area contributed by atoms with E-state index in [1.807, 2.05) is 0 Å². The average molecular weight is 488 g/mol. The first-order chi connectivity index (χ1) is 15.3. The van der Waals surface area contributed by atoms with Crippen LogP contribution in [-0.2, 0) is 9.59 Å². The summed E-state index contributed by atoms with van der Waals surface area (Å²) in [5.41, 5.74) is 1.07. The lowest BCUT2D eigenvalue weighted by Gasteiger charge is -2.14. The summed E-state index contributed by atoms with van der Waals surface area (Å²) in [5.74, 6) is -1.64. The number of carbonyl (C=O) groups excluding carboxylic acids is 3. The highest BCUT2D eigenvalue weighted by Crippen LogP contribution is 2.31. The number of para-hydroxylation sites is 1. The summed E-state index contributed by atoms with van der Waals surface area (Å²) in [5, 5.41) is 3.25. The van der Waals surface area contributed by atoms with E-state index in [1.54, 1.807) is 48.5 Å². The van der Waals surface area contributed by atoms with Crippen molar-refractivity contribution in [3.8, 4) is 5.75 Å². The summed E-state index contributed by atoms with van der Waals surface area (Å²) < 4.78 is 5.28. The van der Waals surface area contributed by atoms with Crippen LogP contribution in [0.25, 0.3) is 0 Å². The number of imide groups is 1. The molecule has 0 aromatic heterocycles. The smallest absolute Gasteiger partial charge is 0.343 e. The van der Waals surface area contributed by atoms with Crippen LogP contribution in [0.15, 0.2) is 83.5 Å². The maximum absolute atomic E-state index is 12.8. The van der Waals surface area contributed by atoms with E-state index < -0.39 is 17.8 Å². The highest BCUT2D eigenvalue weighted by molar-refractivity contribution is 6.53. The first-order valence-electron chi connectivity index (χ1n) is 9.23. The van der Waals surface area contributed by atoms with Crippen molar-refractivity contribution in [3.05, 3.63) is 99.1 Å². The van der Waals surface area contributed by atoms with Gasteiger partial charge in [-0.3, -0.25) is 9.59 Å². The largest absolute Gasteiger partial charge is 0.421 e. The van der Waals surface area contributed by atoms with Crippen LogP contribution >= 0.6 is 34.8 Å². The molecule has 0 aliphatic carbocycles. The normalized spacial score (nSPS) is 13.5. The second-order valence-corrected chi connectivity index (χ2v) is 7.86. The van der Waals surface area contributed by atoms with Gasteiger partial charge in [-0.05, 0) is 54.6 Å². The average Bonchev–Trinajstić information content (AvgIpc) is 3.00. The molecule has 0 unspecified atom stereocenters. The number of amides is 2. The van der Waals surface area contributed by atoms with Gasteiger partial charge in [0.1, 0.15) is 16.5 Å². The minimum atomic E-state index is -0.625. The molecule has 0 atom stereocenters. The van der Waals surface area contributed by atoms with E-state index in [4.69, 9.17) is 39.5 Å². The van der Waals surface area contributed by atoms with E-state index in [-0.39, 0.29) is 27.1 Å². The van der Waals surface area contributed by atoms with Gasteiger partial charge in [-0.15, -0.1) is 0 Å². The molecule has 32 heavy (non-hydrogen) atoms. The lowest BCUT2D eigenvalue weighted by molar-refractivity contribution is -0.120. The molecule has 0 bridgehead atoms. The number of anilines is 2. The molecular formula is C23H13Cl3N2O4. The Hall–Kier alpha value is -3.32. The van der Waals surface area contributed by atoms with Gasteiger partial charge in [-0.1, -0.05) is 53.0 Å². The molecule has 9 heteroatoms. The van der Waals surface area contributed by atoms with E-state index in [0.717, 1.165) is 4.90 Å². The Bertz CT molecular complexity index is 1260. The lowest BCUT2D eigenvalue weighted by atomic mass is 10.2. The predicted molar refractivity (Wildman–Crippen MR) is 123 cm³/mol. The summed E-state index contributed by atoms with van der Waals surface area (Å²) >= 11 is 18.0. The third-order valence-corrected chi connectivity index (χ3v) is 5.41. The van der Waals surface area contributed by atoms with Crippen LogP contribution in [0.2, 0.25) is 10.0 Å². The molecule has 3 aromatic rings. The summed E-state index contributed by atoms with van der Waals surface area (Å²) in [6.07, 6.45) is 0. The Morgan fingerprint density at radius 2 is 1.53 bits per heavy atom. The highest BCUT2D eigenvalue weighted by atomic mass is 35.5. The molecule has 6 nitrogen and oxygen atoms in total. The molecule has 0 radical (unpaired) electrons.